The first-order valence-corrected chi connectivity index (χ1v) is 9.37. The number of sulfonamides is 1. The molecule has 0 radical (unpaired) electrons. The van der Waals surface area contributed by atoms with Gasteiger partial charge in [-0.1, -0.05) is 12.1 Å². The molecule has 1 saturated heterocycles. The molecule has 0 spiro atoms. The SMILES string of the molecule is CNS(=O)(=O)c1ccc(CCC(=O)N[C@@H]2CCOC[C@H]2OC)cc1. The normalized spacial score (nSPS) is 21.4. The summed E-state index contributed by atoms with van der Waals surface area (Å²) in [6, 6.07) is 6.50. The van der Waals surface area contributed by atoms with Crippen molar-refractivity contribution in [3.63, 3.8) is 0 Å². The Kier molecular flexibility index (Phi) is 6.73. The van der Waals surface area contributed by atoms with Crippen LogP contribution >= 0.6 is 0 Å². The fraction of sp³-hybridized carbons (Fsp3) is 0.562. The van der Waals surface area contributed by atoms with Crippen LogP contribution in [0.5, 0.6) is 0 Å². The molecule has 1 aromatic carbocycles. The van der Waals surface area contributed by atoms with E-state index in [1.165, 1.54) is 7.05 Å². The number of hydrogen-bond donors (Lipinski definition) is 2. The van der Waals surface area contributed by atoms with Gasteiger partial charge in [0.2, 0.25) is 15.9 Å². The Bertz CT molecular complexity index is 645. The number of rotatable bonds is 7. The smallest absolute Gasteiger partial charge is 0.240 e. The molecule has 0 saturated carbocycles. The molecule has 7 nitrogen and oxygen atoms in total. The summed E-state index contributed by atoms with van der Waals surface area (Å²) in [5.74, 6) is -0.0455. The molecule has 0 aromatic heterocycles. The molecule has 1 amide bonds. The van der Waals surface area contributed by atoms with Crippen LogP contribution in [-0.2, 0) is 30.7 Å². The lowest BCUT2D eigenvalue weighted by Gasteiger charge is -2.31. The van der Waals surface area contributed by atoms with E-state index in [4.69, 9.17) is 9.47 Å². The van der Waals surface area contributed by atoms with Gasteiger partial charge in [-0.05, 0) is 37.6 Å². The lowest BCUT2D eigenvalue weighted by molar-refractivity contribution is -0.125. The number of amides is 1. The fourth-order valence-corrected chi connectivity index (χ4v) is 3.33. The number of hydrogen-bond acceptors (Lipinski definition) is 5. The molecule has 2 atom stereocenters. The molecular formula is C16H24N2O5S. The molecular weight excluding hydrogens is 332 g/mol. The minimum Gasteiger partial charge on any atom is -0.379 e. The lowest BCUT2D eigenvalue weighted by Crippen LogP contribution is -2.49. The summed E-state index contributed by atoms with van der Waals surface area (Å²) in [7, 11) is -0.447. The zero-order chi connectivity index (χ0) is 17.6. The van der Waals surface area contributed by atoms with Crippen molar-refractivity contribution < 1.29 is 22.7 Å². The predicted molar refractivity (Wildman–Crippen MR) is 89.2 cm³/mol. The summed E-state index contributed by atoms with van der Waals surface area (Å²) in [5, 5.41) is 2.99. The van der Waals surface area contributed by atoms with Crippen LogP contribution in [-0.4, -0.2) is 53.8 Å². The second-order valence-electron chi connectivity index (χ2n) is 5.66. The molecule has 134 valence electrons. The van der Waals surface area contributed by atoms with Gasteiger partial charge in [-0.25, -0.2) is 13.1 Å². The fourth-order valence-electron chi connectivity index (χ4n) is 2.60. The van der Waals surface area contributed by atoms with Crippen molar-refractivity contribution in [1.82, 2.24) is 10.0 Å². The highest BCUT2D eigenvalue weighted by molar-refractivity contribution is 7.89. The highest BCUT2D eigenvalue weighted by Crippen LogP contribution is 2.13. The summed E-state index contributed by atoms with van der Waals surface area (Å²) < 4.78 is 36.2. The lowest BCUT2D eigenvalue weighted by atomic mass is 10.0. The van der Waals surface area contributed by atoms with Crippen LogP contribution in [0.15, 0.2) is 29.2 Å². The van der Waals surface area contributed by atoms with E-state index >= 15 is 0 Å². The Hall–Kier alpha value is -1.48. The molecule has 0 aliphatic carbocycles. The van der Waals surface area contributed by atoms with Gasteiger partial charge in [0.25, 0.3) is 0 Å². The maximum Gasteiger partial charge on any atom is 0.240 e. The minimum atomic E-state index is -3.43. The molecule has 2 rings (SSSR count). The van der Waals surface area contributed by atoms with Crippen molar-refractivity contribution in [2.24, 2.45) is 0 Å². The molecule has 0 bridgehead atoms. The summed E-state index contributed by atoms with van der Waals surface area (Å²) in [6.07, 6.45) is 1.51. The number of carbonyl (C=O) groups excluding carboxylic acids is 1. The number of nitrogens with one attached hydrogen (secondary N) is 2. The van der Waals surface area contributed by atoms with Gasteiger partial charge < -0.3 is 14.8 Å². The van der Waals surface area contributed by atoms with E-state index in [9.17, 15) is 13.2 Å². The first-order valence-electron chi connectivity index (χ1n) is 7.88. The standard InChI is InChI=1S/C16H24N2O5S/c1-17-24(20,21)13-6-3-12(4-7-13)5-8-16(19)18-14-9-10-23-11-15(14)22-2/h3-4,6-7,14-15,17H,5,8-11H2,1-2H3,(H,18,19)/t14-,15-/m1/s1. The third-order valence-corrected chi connectivity index (χ3v) is 5.53. The van der Waals surface area contributed by atoms with E-state index in [-0.39, 0.29) is 22.9 Å². The highest BCUT2D eigenvalue weighted by Gasteiger charge is 2.26. The van der Waals surface area contributed by atoms with E-state index < -0.39 is 10.0 Å². The average Bonchev–Trinajstić information content (AvgIpc) is 2.61. The molecule has 1 heterocycles. The van der Waals surface area contributed by atoms with Crippen LogP contribution < -0.4 is 10.0 Å². The summed E-state index contributed by atoms with van der Waals surface area (Å²) in [6.45, 7) is 1.11. The maximum absolute atomic E-state index is 12.1. The van der Waals surface area contributed by atoms with Crippen molar-refractivity contribution in [3.8, 4) is 0 Å². The number of methoxy groups -OCH3 is 1. The number of aryl methyl sites for hydroxylation is 1. The first-order chi connectivity index (χ1) is 11.5. The summed E-state index contributed by atoms with van der Waals surface area (Å²) >= 11 is 0. The van der Waals surface area contributed by atoms with Crippen molar-refractivity contribution in [1.29, 1.82) is 0 Å². The molecule has 24 heavy (non-hydrogen) atoms. The molecule has 1 aromatic rings. The van der Waals surface area contributed by atoms with Crippen molar-refractivity contribution in [2.45, 2.75) is 36.3 Å². The quantitative estimate of drug-likeness (QED) is 0.740. The molecule has 1 aliphatic heterocycles. The molecule has 2 N–H and O–H groups in total. The Morgan fingerprint density at radius 2 is 2.04 bits per heavy atom. The molecule has 0 unspecified atom stereocenters. The molecule has 1 fully saturated rings. The van der Waals surface area contributed by atoms with Gasteiger partial charge in [0.1, 0.15) is 6.10 Å². The number of ether oxygens (including phenoxy) is 2. The van der Waals surface area contributed by atoms with Crippen LogP contribution in [0.25, 0.3) is 0 Å². The average molecular weight is 356 g/mol. The van der Waals surface area contributed by atoms with Crippen LogP contribution in [0.3, 0.4) is 0 Å². The Morgan fingerprint density at radius 3 is 2.67 bits per heavy atom. The van der Waals surface area contributed by atoms with E-state index in [2.05, 4.69) is 10.0 Å². The van der Waals surface area contributed by atoms with Crippen LogP contribution in [0.2, 0.25) is 0 Å². The van der Waals surface area contributed by atoms with Crippen LogP contribution in [0, 0.1) is 0 Å². The zero-order valence-corrected chi connectivity index (χ0v) is 14.8. The minimum absolute atomic E-state index is 0.0283. The second-order valence-corrected chi connectivity index (χ2v) is 7.55. The topological polar surface area (TPSA) is 93.7 Å². The van der Waals surface area contributed by atoms with Crippen molar-refractivity contribution >= 4 is 15.9 Å². The van der Waals surface area contributed by atoms with Crippen molar-refractivity contribution in [3.05, 3.63) is 29.8 Å². The highest BCUT2D eigenvalue weighted by atomic mass is 32.2. The van der Waals surface area contributed by atoms with Gasteiger partial charge in [-0.15, -0.1) is 0 Å². The van der Waals surface area contributed by atoms with E-state index in [0.29, 0.717) is 26.1 Å². The van der Waals surface area contributed by atoms with E-state index in [0.717, 1.165) is 12.0 Å². The van der Waals surface area contributed by atoms with Gasteiger partial charge in [0, 0.05) is 20.1 Å². The van der Waals surface area contributed by atoms with Gasteiger partial charge in [0.15, 0.2) is 0 Å². The van der Waals surface area contributed by atoms with E-state index in [1.54, 1.807) is 31.4 Å². The Morgan fingerprint density at radius 1 is 1.33 bits per heavy atom. The summed E-state index contributed by atoms with van der Waals surface area (Å²) in [5.41, 5.74) is 0.912. The van der Waals surface area contributed by atoms with Gasteiger partial charge in [-0.3, -0.25) is 4.79 Å². The molecule has 1 aliphatic rings. The maximum atomic E-state index is 12.1. The third kappa shape index (κ3) is 5.01. The Labute approximate surface area is 142 Å². The monoisotopic (exact) mass is 356 g/mol. The van der Waals surface area contributed by atoms with Crippen LogP contribution in [0.1, 0.15) is 18.4 Å². The van der Waals surface area contributed by atoms with Crippen molar-refractivity contribution in [2.75, 3.05) is 27.4 Å². The van der Waals surface area contributed by atoms with Gasteiger partial charge >= 0.3 is 0 Å². The van der Waals surface area contributed by atoms with Gasteiger partial charge in [-0.2, -0.15) is 0 Å². The number of benzene rings is 1. The second kappa shape index (κ2) is 8.57. The van der Waals surface area contributed by atoms with Crippen LogP contribution in [0.4, 0.5) is 0 Å². The van der Waals surface area contributed by atoms with E-state index in [1.807, 2.05) is 0 Å². The largest absolute Gasteiger partial charge is 0.379 e. The Balaban J connectivity index is 1.85. The number of carbonyl (C=O) groups is 1. The third-order valence-electron chi connectivity index (χ3n) is 4.10. The molecule has 8 heteroatoms. The first kappa shape index (κ1) is 18.9. The zero-order valence-electron chi connectivity index (χ0n) is 13.9. The predicted octanol–water partition coefficient (Wildman–Crippen LogP) is 0.447. The summed E-state index contributed by atoms with van der Waals surface area (Å²) in [4.78, 5) is 12.3. The van der Waals surface area contributed by atoms with Gasteiger partial charge in [0.05, 0.1) is 17.5 Å².